The number of rotatable bonds is 3. The van der Waals surface area contributed by atoms with Crippen LogP contribution in [0.3, 0.4) is 0 Å². The molecule has 0 aliphatic carbocycles. The Balaban J connectivity index is 2.22. The highest BCUT2D eigenvalue weighted by Crippen LogP contribution is 2.24. The summed E-state index contributed by atoms with van der Waals surface area (Å²) in [6, 6.07) is 6.52. The first-order chi connectivity index (χ1) is 14.0. The van der Waals surface area contributed by atoms with E-state index in [-0.39, 0.29) is 27.4 Å². The first-order valence-corrected chi connectivity index (χ1v) is 9.51. The van der Waals surface area contributed by atoms with Gasteiger partial charge in [-0.3, -0.25) is 9.36 Å². The van der Waals surface area contributed by atoms with Crippen molar-refractivity contribution in [3.8, 4) is 5.69 Å². The van der Waals surface area contributed by atoms with Gasteiger partial charge in [0.25, 0.3) is 5.56 Å². The number of para-hydroxylation sites is 1. The number of benzene rings is 2. The average Bonchev–Trinajstić information content (AvgIpc) is 2.59. The number of hydrogen-bond acceptors (Lipinski definition) is 4. The lowest BCUT2D eigenvalue weighted by atomic mass is 10.2. The number of alkyl carbamates (subject to hydrolysis) is 1. The Bertz CT molecular complexity index is 1170. The highest BCUT2D eigenvalue weighted by Gasteiger charge is 2.23. The maximum absolute atomic E-state index is 13.9. The second kappa shape index (κ2) is 8.02. The summed E-state index contributed by atoms with van der Waals surface area (Å²) in [5.41, 5.74) is -1.18. The third kappa shape index (κ3) is 4.59. The van der Waals surface area contributed by atoms with E-state index in [0.717, 1.165) is 16.7 Å². The molecule has 1 heterocycles. The van der Waals surface area contributed by atoms with Gasteiger partial charge in [-0.05, 0) is 52.0 Å². The van der Waals surface area contributed by atoms with Crippen molar-refractivity contribution in [2.75, 3.05) is 0 Å². The van der Waals surface area contributed by atoms with Gasteiger partial charge in [0.15, 0.2) is 0 Å². The number of amides is 1. The second-order valence-electron chi connectivity index (χ2n) is 7.74. The van der Waals surface area contributed by atoms with Crippen LogP contribution in [0, 0.1) is 11.6 Å². The van der Waals surface area contributed by atoms with Crippen LogP contribution in [-0.4, -0.2) is 21.2 Å². The van der Waals surface area contributed by atoms with Crippen LogP contribution in [0.15, 0.2) is 41.2 Å². The molecule has 30 heavy (non-hydrogen) atoms. The number of carbonyl (C=O) groups is 1. The Morgan fingerprint density at radius 1 is 1.20 bits per heavy atom. The number of fused-ring (bicyclic) bond motifs is 1. The zero-order valence-electron chi connectivity index (χ0n) is 16.8. The van der Waals surface area contributed by atoms with Gasteiger partial charge in [-0.2, -0.15) is 0 Å². The van der Waals surface area contributed by atoms with Crippen LogP contribution >= 0.6 is 11.6 Å². The van der Waals surface area contributed by atoms with Crippen LogP contribution in [-0.2, 0) is 4.74 Å². The zero-order valence-corrected chi connectivity index (χ0v) is 17.6. The van der Waals surface area contributed by atoms with Crippen molar-refractivity contribution < 1.29 is 18.3 Å². The minimum Gasteiger partial charge on any atom is -0.444 e. The molecule has 2 aromatic carbocycles. The van der Waals surface area contributed by atoms with Crippen molar-refractivity contribution in [3.63, 3.8) is 0 Å². The standard InChI is InChI=1S/C21H20ClF2N3O3/c1-11(25-20(29)30-21(2,3)4)18-26-17-15(6-5-7-16(17)22)19(28)27(18)14-9-12(23)8-13(24)10-14/h5-11H,1-4H3,(H,25,29). The Kier molecular flexibility index (Phi) is 5.81. The fourth-order valence-electron chi connectivity index (χ4n) is 2.95. The smallest absolute Gasteiger partial charge is 0.408 e. The lowest BCUT2D eigenvalue weighted by Gasteiger charge is -2.23. The van der Waals surface area contributed by atoms with E-state index in [0.29, 0.717) is 6.07 Å². The normalized spacial score (nSPS) is 12.6. The van der Waals surface area contributed by atoms with Gasteiger partial charge in [0.05, 0.1) is 27.7 Å². The van der Waals surface area contributed by atoms with E-state index in [1.54, 1.807) is 39.8 Å². The van der Waals surface area contributed by atoms with Gasteiger partial charge in [0.2, 0.25) is 0 Å². The molecule has 1 N–H and O–H groups in total. The maximum atomic E-state index is 13.9. The molecular weight excluding hydrogens is 416 g/mol. The summed E-state index contributed by atoms with van der Waals surface area (Å²) in [5.74, 6) is -1.68. The van der Waals surface area contributed by atoms with Crippen LogP contribution in [0.5, 0.6) is 0 Å². The number of carbonyl (C=O) groups excluding carboxylic acids is 1. The predicted molar refractivity (Wildman–Crippen MR) is 110 cm³/mol. The van der Waals surface area contributed by atoms with Crippen molar-refractivity contribution in [1.82, 2.24) is 14.9 Å². The van der Waals surface area contributed by atoms with E-state index in [1.165, 1.54) is 6.07 Å². The van der Waals surface area contributed by atoms with Crippen molar-refractivity contribution in [3.05, 3.63) is 69.2 Å². The average molecular weight is 436 g/mol. The van der Waals surface area contributed by atoms with Crippen molar-refractivity contribution in [1.29, 1.82) is 0 Å². The molecule has 0 saturated heterocycles. The molecule has 1 amide bonds. The summed E-state index contributed by atoms with van der Waals surface area (Å²) in [5, 5.41) is 2.99. The molecule has 0 spiro atoms. The van der Waals surface area contributed by atoms with E-state index >= 15 is 0 Å². The predicted octanol–water partition coefficient (Wildman–Crippen LogP) is 4.90. The molecule has 0 fully saturated rings. The Morgan fingerprint density at radius 2 is 1.83 bits per heavy atom. The van der Waals surface area contributed by atoms with E-state index in [9.17, 15) is 18.4 Å². The quantitative estimate of drug-likeness (QED) is 0.634. The minimum absolute atomic E-state index is 0.0384. The number of aromatic nitrogens is 2. The monoisotopic (exact) mass is 435 g/mol. The van der Waals surface area contributed by atoms with Crippen LogP contribution in [0.25, 0.3) is 16.6 Å². The van der Waals surface area contributed by atoms with Gasteiger partial charge < -0.3 is 10.1 Å². The van der Waals surface area contributed by atoms with Gasteiger partial charge in [0.1, 0.15) is 23.1 Å². The highest BCUT2D eigenvalue weighted by atomic mass is 35.5. The summed E-state index contributed by atoms with van der Waals surface area (Å²) in [7, 11) is 0. The number of nitrogens with zero attached hydrogens (tertiary/aromatic N) is 2. The minimum atomic E-state index is -0.859. The van der Waals surface area contributed by atoms with E-state index in [2.05, 4.69) is 10.3 Å². The molecule has 1 atom stereocenters. The molecule has 158 valence electrons. The van der Waals surface area contributed by atoms with Gasteiger partial charge in [-0.1, -0.05) is 17.7 Å². The molecule has 3 aromatic rings. The summed E-state index contributed by atoms with van der Waals surface area (Å²) in [6.07, 6.45) is -0.736. The Morgan fingerprint density at radius 3 is 2.43 bits per heavy atom. The summed E-state index contributed by atoms with van der Waals surface area (Å²) in [6.45, 7) is 6.69. The van der Waals surface area contributed by atoms with Crippen LogP contribution in [0.1, 0.15) is 39.6 Å². The summed E-state index contributed by atoms with van der Waals surface area (Å²) < 4.78 is 34.0. The van der Waals surface area contributed by atoms with E-state index in [4.69, 9.17) is 16.3 Å². The van der Waals surface area contributed by atoms with Gasteiger partial charge >= 0.3 is 6.09 Å². The van der Waals surface area contributed by atoms with Gasteiger partial charge in [-0.15, -0.1) is 0 Å². The van der Waals surface area contributed by atoms with Gasteiger partial charge in [-0.25, -0.2) is 18.6 Å². The molecule has 0 aliphatic heterocycles. The molecule has 6 nitrogen and oxygen atoms in total. The van der Waals surface area contributed by atoms with Crippen LogP contribution in [0.2, 0.25) is 5.02 Å². The van der Waals surface area contributed by atoms with Crippen LogP contribution in [0.4, 0.5) is 13.6 Å². The largest absolute Gasteiger partial charge is 0.444 e. The van der Waals surface area contributed by atoms with Gasteiger partial charge in [0, 0.05) is 6.07 Å². The molecular formula is C21H20ClF2N3O3. The fourth-order valence-corrected chi connectivity index (χ4v) is 3.16. The lowest BCUT2D eigenvalue weighted by Crippen LogP contribution is -2.37. The first-order valence-electron chi connectivity index (χ1n) is 9.13. The molecule has 1 aromatic heterocycles. The SMILES string of the molecule is CC(NC(=O)OC(C)(C)C)c1nc2c(Cl)cccc2c(=O)n1-c1cc(F)cc(F)c1. The third-order valence-electron chi connectivity index (χ3n) is 4.10. The molecule has 0 aliphatic rings. The number of halogens is 3. The number of hydrogen-bond donors (Lipinski definition) is 1. The number of ether oxygens (including phenoxy) is 1. The summed E-state index contributed by atoms with van der Waals surface area (Å²) in [4.78, 5) is 29.9. The molecule has 0 bridgehead atoms. The second-order valence-corrected chi connectivity index (χ2v) is 8.15. The Labute approximate surface area is 176 Å². The highest BCUT2D eigenvalue weighted by molar-refractivity contribution is 6.35. The zero-order chi connectivity index (χ0) is 22.2. The van der Waals surface area contributed by atoms with E-state index < -0.39 is 34.9 Å². The molecule has 3 rings (SSSR count). The van der Waals surface area contributed by atoms with E-state index in [1.807, 2.05) is 0 Å². The first kappa shape index (κ1) is 21.7. The summed E-state index contributed by atoms with van der Waals surface area (Å²) >= 11 is 6.20. The van der Waals surface area contributed by atoms with Crippen molar-refractivity contribution >= 4 is 28.6 Å². The lowest BCUT2D eigenvalue weighted by molar-refractivity contribution is 0.0505. The molecule has 0 saturated carbocycles. The number of nitrogens with one attached hydrogen (secondary N) is 1. The Hall–Kier alpha value is -3.00. The third-order valence-corrected chi connectivity index (χ3v) is 4.41. The molecule has 1 unspecified atom stereocenters. The molecule has 0 radical (unpaired) electrons. The van der Waals surface area contributed by atoms with Crippen molar-refractivity contribution in [2.45, 2.75) is 39.3 Å². The van der Waals surface area contributed by atoms with Crippen LogP contribution < -0.4 is 10.9 Å². The molecule has 9 heteroatoms. The maximum Gasteiger partial charge on any atom is 0.408 e. The van der Waals surface area contributed by atoms with Crippen molar-refractivity contribution in [2.24, 2.45) is 0 Å². The topological polar surface area (TPSA) is 73.2 Å². The fraction of sp³-hybridized carbons (Fsp3) is 0.286.